The van der Waals surface area contributed by atoms with Crippen molar-refractivity contribution in [2.45, 2.75) is 45.1 Å². The van der Waals surface area contributed by atoms with E-state index in [-0.39, 0.29) is 6.61 Å². The van der Waals surface area contributed by atoms with Crippen LogP contribution in [-0.2, 0) is 6.61 Å². The van der Waals surface area contributed by atoms with Crippen LogP contribution in [0.25, 0.3) is 23.4 Å². The summed E-state index contributed by atoms with van der Waals surface area (Å²) in [5.41, 5.74) is 5.87. The zero-order valence-electron chi connectivity index (χ0n) is 13.0. The lowest BCUT2D eigenvalue weighted by molar-refractivity contribution is 0.280. The van der Waals surface area contributed by atoms with Crippen molar-refractivity contribution < 1.29 is 5.11 Å². The van der Waals surface area contributed by atoms with Gasteiger partial charge in [0.05, 0.1) is 17.6 Å². The Bertz CT molecular complexity index is 847. The number of aliphatic hydroxyl groups excluding tert-OH is 1. The van der Waals surface area contributed by atoms with Crippen LogP contribution in [0.2, 0.25) is 0 Å². The van der Waals surface area contributed by atoms with Crippen molar-refractivity contribution in [1.29, 1.82) is 0 Å². The predicted octanol–water partition coefficient (Wildman–Crippen LogP) is 2.78. The molecule has 0 unspecified atom stereocenters. The van der Waals surface area contributed by atoms with E-state index in [4.69, 9.17) is 4.98 Å². The Hall–Kier alpha value is -1.93. The maximum atomic E-state index is 9.54. The van der Waals surface area contributed by atoms with Crippen molar-refractivity contribution in [2.75, 3.05) is 0 Å². The highest BCUT2D eigenvalue weighted by atomic mass is 16.3. The monoisotopic (exact) mass is 291 g/mol. The SMILES string of the molecule is Cc1cc2c(nc1-c1ccc(CO)c(C3CC3)c1)=CCCC=2. The zero-order valence-corrected chi connectivity index (χ0v) is 13.0. The lowest BCUT2D eigenvalue weighted by Gasteiger charge is -2.12. The molecule has 4 rings (SSSR count). The zero-order chi connectivity index (χ0) is 15.1. The van der Waals surface area contributed by atoms with Gasteiger partial charge in [0.2, 0.25) is 0 Å². The number of hydrogen-bond acceptors (Lipinski definition) is 2. The highest BCUT2D eigenvalue weighted by molar-refractivity contribution is 5.65. The first-order valence-corrected chi connectivity index (χ1v) is 8.18. The fraction of sp³-hybridized carbons (Fsp3) is 0.350. The van der Waals surface area contributed by atoms with Crippen molar-refractivity contribution in [3.05, 3.63) is 51.5 Å². The van der Waals surface area contributed by atoms with E-state index in [0.29, 0.717) is 5.92 Å². The number of aryl methyl sites for hydroxylation is 1. The number of aromatic nitrogens is 1. The van der Waals surface area contributed by atoms with Gasteiger partial charge < -0.3 is 5.11 Å². The highest BCUT2D eigenvalue weighted by Gasteiger charge is 2.26. The molecule has 2 aromatic rings. The first-order chi connectivity index (χ1) is 10.8. The Morgan fingerprint density at radius 2 is 1.95 bits per heavy atom. The third-order valence-corrected chi connectivity index (χ3v) is 4.75. The molecule has 0 atom stereocenters. The predicted molar refractivity (Wildman–Crippen MR) is 89.7 cm³/mol. The number of aliphatic hydroxyl groups is 1. The van der Waals surface area contributed by atoms with Crippen molar-refractivity contribution in [1.82, 2.24) is 4.98 Å². The molecule has 1 fully saturated rings. The minimum Gasteiger partial charge on any atom is -0.392 e. The standard InChI is InChI=1S/C20H21NO/c1-13-10-15-4-2-3-5-19(15)21-20(13)16-8-9-17(12-22)18(11-16)14-6-7-14/h4-5,8-11,14,22H,2-3,6-7,12H2,1H3. The summed E-state index contributed by atoms with van der Waals surface area (Å²) in [7, 11) is 0. The molecular weight excluding hydrogens is 270 g/mol. The van der Waals surface area contributed by atoms with Crippen LogP contribution in [0, 0.1) is 6.92 Å². The van der Waals surface area contributed by atoms with E-state index in [2.05, 4.69) is 43.3 Å². The van der Waals surface area contributed by atoms with E-state index in [1.807, 2.05) is 0 Å². The number of rotatable bonds is 3. The van der Waals surface area contributed by atoms with E-state index in [9.17, 15) is 5.11 Å². The molecule has 1 aromatic carbocycles. The van der Waals surface area contributed by atoms with Gasteiger partial charge in [0.15, 0.2) is 0 Å². The van der Waals surface area contributed by atoms with Gasteiger partial charge in [-0.3, -0.25) is 0 Å². The van der Waals surface area contributed by atoms with Crippen LogP contribution in [0.15, 0.2) is 24.3 Å². The lowest BCUT2D eigenvalue weighted by Crippen LogP contribution is -2.31. The van der Waals surface area contributed by atoms with Gasteiger partial charge >= 0.3 is 0 Å². The van der Waals surface area contributed by atoms with E-state index in [1.54, 1.807) is 0 Å². The van der Waals surface area contributed by atoms with Crippen LogP contribution in [0.4, 0.5) is 0 Å². The number of pyridine rings is 1. The summed E-state index contributed by atoms with van der Waals surface area (Å²) < 4.78 is 0. The van der Waals surface area contributed by atoms with Crippen LogP contribution in [0.1, 0.15) is 48.3 Å². The molecule has 0 aliphatic heterocycles. The molecule has 2 aliphatic carbocycles. The maximum absolute atomic E-state index is 9.54. The molecule has 0 saturated heterocycles. The first kappa shape index (κ1) is 13.7. The Morgan fingerprint density at radius 1 is 1.14 bits per heavy atom. The quantitative estimate of drug-likeness (QED) is 0.943. The average Bonchev–Trinajstić information content (AvgIpc) is 3.38. The van der Waals surface area contributed by atoms with Gasteiger partial charge in [-0.05, 0) is 72.6 Å². The van der Waals surface area contributed by atoms with Gasteiger partial charge in [-0.25, -0.2) is 4.98 Å². The molecule has 1 saturated carbocycles. The Balaban J connectivity index is 1.87. The Labute approximate surface area is 130 Å². The fourth-order valence-corrected chi connectivity index (χ4v) is 3.39. The number of fused-ring (bicyclic) bond motifs is 1. The number of hydrogen-bond donors (Lipinski definition) is 1. The summed E-state index contributed by atoms with van der Waals surface area (Å²) in [6, 6.07) is 8.67. The molecule has 1 aromatic heterocycles. The van der Waals surface area contributed by atoms with Crippen molar-refractivity contribution in [3.63, 3.8) is 0 Å². The molecule has 0 amide bonds. The minimum atomic E-state index is 0.130. The topological polar surface area (TPSA) is 33.1 Å². The van der Waals surface area contributed by atoms with Crippen molar-refractivity contribution in [3.8, 4) is 11.3 Å². The summed E-state index contributed by atoms with van der Waals surface area (Å²) in [5.74, 6) is 0.639. The molecule has 0 radical (unpaired) electrons. The van der Waals surface area contributed by atoms with Gasteiger partial charge in [0, 0.05) is 5.56 Å². The molecule has 22 heavy (non-hydrogen) atoms. The third kappa shape index (κ3) is 2.38. The Kier molecular flexibility index (Phi) is 3.34. The van der Waals surface area contributed by atoms with E-state index < -0.39 is 0 Å². The second-order valence-electron chi connectivity index (χ2n) is 6.46. The Morgan fingerprint density at radius 3 is 2.73 bits per heavy atom. The summed E-state index contributed by atoms with van der Waals surface area (Å²) in [6.07, 6.45) is 9.21. The summed E-state index contributed by atoms with van der Waals surface area (Å²) in [5, 5.41) is 11.9. The molecule has 1 heterocycles. The summed E-state index contributed by atoms with van der Waals surface area (Å²) >= 11 is 0. The molecule has 1 N–H and O–H groups in total. The van der Waals surface area contributed by atoms with Crippen molar-refractivity contribution in [2.24, 2.45) is 0 Å². The van der Waals surface area contributed by atoms with Crippen LogP contribution >= 0.6 is 0 Å². The lowest BCUT2D eigenvalue weighted by atomic mass is 9.97. The molecular formula is C20H21NO. The number of nitrogens with zero attached hydrogens (tertiary/aromatic N) is 1. The van der Waals surface area contributed by atoms with Crippen LogP contribution in [0.5, 0.6) is 0 Å². The van der Waals surface area contributed by atoms with E-state index in [1.165, 1.54) is 34.8 Å². The minimum absolute atomic E-state index is 0.130. The molecule has 0 bridgehead atoms. The van der Waals surface area contributed by atoms with Crippen molar-refractivity contribution >= 4 is 12.2 Å². The molecule has 2 nitrogen and oxygen atoms in total. The van der Waals surface area contributed by atoms with E-state index in [0.717, 1.165) is 29.4 Å². The van der Waals surface area contributed by atoms with E-state index >= 15 is 0 Å². The molecule has 2 heteroatoms. The second kappa shape index (κ2) is 5.36. The summed E-state index contributed by atoms with van der Waals surface area (Å²) in [4.78, 5) is 4.91. The van der Waals surface area contributed by atoms with Gasteiger partial charge in [-0.15, -0.1) is 0 Å². The largest absolute Gasteiger partial charge is 0.392 e. The second-order valence-corrected chi connectivity index (χ2v) is 6.46. The molecule has 0 spiro atoms. The van der Waals surface area contributed by atoms with Crippen LogP contribution in [0.3, 0.4) is 0 Å². The van der Waals surface area contributed by atoms with Crippen LogP contribution in [-0.4, -0.2) is 10.1 Å². The van der Waals surface area contributed by atoms with Gasteiger partial charge in [0.1, 0.15) is 0 Å². The molecule has 2 aliphatic rings. The van der Waals surface area contributed by atoms with Gasteiger partial charge in [0.25, 0.3) is 0 Å². The number of benzene rings is 1. The molecule has 112 valence electrons. The van der Waals surface area contributed by atoms with Crippen LogP contribution < -0.4 is 10.6 Å². The highest BCUT2D eigenvalue weighted by Crippen LogP contribution is 2.43. The van der Waals surface area contributed by atoms with Gasteiger partial charge in [-0.2, -0.15) is 0 Å². The smallest absolute Gasteiger partial charge is 0.0738 e. The average molecular weight is 291 g/mol. The van der Waals surface area contributed by atoms with Gasteiger partial charge in [-0.1, -0.05) is 24.3 Å². The maximum Gasteiger partial charge on any atom is 0.0738 e. The third-order valence-electron chi connectivity index (χ3n) is 4.75. The summed E-state index contributed by atoms with van der Waals surface area (Å²) in [6.45, 7) is 2.27. The normalized spacial score (nSPS) is 16.6. The fourth-order valence-electron chi connectivity index (χ4n) is 3.39. The first-order valence-electron chi connectivity index (χ1n) is 8.18.